The van der Waals surface area contributed by atoms with Gasteiger partial charge in [0.15, 0.2) is 0 Å². The first-order valence-corrected chi connectivity index (χ1v) is 6.66. The van der Waals surface area contributed by atoms with Crippen LogP contribution in [0.15, 0.2) is 17.5 Å². The van der Waals surface area contributed by atoms with Crippen LogP contribution in [0, 0.1) is 0 Å². The van der Waals surface area contributed by atoms with Crippen molar-refractivity contribution in [2.75, 3.05) is 19.7 Å². The Labute approximate surface area is 100 Å². The van der Waals surface area contributed by atoms with Gasteiger partial charge in [-0.3, -0.25) is 0 Å². The lowest BCUT2D eigenvalue weighted by molar-refractivity contribution is -0.0259. The summed E-state index contributed by atoms with van der Waals surface area (Å²) >= 11 is 1.78. The zero-order chi connectivity index (χ0) is 11.4. The molecule has 0 amide bonds. The van der Waals surface area contributed by atoms with E-state index in [0.717, 1.165) is 19.4 Å². The van der Waals surface area contributed by atoms with Crippen LogP contribution in [0.4, 0.5) is 0 Å². The maximum Gasteiger partial charge on any atom is 0.105 e. The first-order chi connectivity index (χ1) is 7.71. The van der Waals surface area contributed by atoms with Gasteiger partial charge in [0.1, 0.15) is 5.60 Å². The van der Waals surface area contributed by atoms with E-state index in [4.69, 9.17) is 4.74 Å². The highest BCUT2D eigenvalue weighted by Crippen LogP contribution is 2.24. The maximum absolute atomic E-state index is 10.2. The van der Waals surface area contributed by atoms with Gasteiger partial charge in [-0.2, -0.15) is 0 Å². The zero-order valence-electron chi connectivity index (χ0n) is 9.61. The molecule has 0 bridgehead atoms. The fourth-order valence-electron chi connectivity index (χ4n) is 1.97. The average Bonchev–Trinajstić information content (AvgIpc) is 2.86. The number of ether oxygens (including phenoxy) is 1. The molecule has 2 unspecified atom stereocenters. The monoisotopic (exact) mass is 241 g/mol. The van der Waals surface area contributed by atoms with E-state index in [2.05, 4.69) is 22.8 Å². The molecule has 0 spiro atoms. The van der Waals surface area contributed by atoms with Crippen molar-refractivity contribution in [2.45, 2.75) is 31.5 Å². The Balaban J connectivity index is 1.68. The van der Waals surface area contributed by atoms with Gasteiger partial charge in [-0.25, -0.2) is 0 Å². The first kappa shape index (κ1) is 12.0. The largest absolute Gasteiger partial charge is 0.386 e. The molecule has 1 fully saturated rings. The van der Waals surface area contributed by atoms with Gasteiger partial charge in [-0.15, -0.1) is 11.3 Å². The highest BCUT2D eigenvalue weighted by molar-refractivity contribution is 7.09. The fourth-order valence-corrected chi connectivity index (χ4v) is 2.68. The quantitative estimate of drug-likeness (QED) is 0.766. The number of rotatable bonds is 5. The number of thiophene rings is 1. The van der Waals surface area contributed by atoms with Crippen LogP contribution >= 0.6 is 11.3 Å². The Morgan fingerprint density at radius 3 is 3.19 bits per heavy atom. The van der Waals surface area contributed by atoms with Crippen molar-refractivity contribution in [1.82, 2.24) is 5.32 Å². The molecule has 0 radical (unpaired) electrons. The van der Waals surface area contributed by atoms with Gasteiger partial charge in [0, 0.05) is 31.0 Å². The summed E-state index contributed by atoms with van der Waals surface area (Å²) in [6.45, 7) is 4.15. The van der Waals surface area contributed by atoms with Crippen LogP contribution in [0.25, 0.3) is 0 Å². The third kappa shape index (κ3) is 2.83. The summed E-state index contributed by atoms with van der Waals surface area (Å²) in [6.07, 6.45) is 1.71. The second-order valence-corrected chi connectivity index (χ2v) is 5.40. The number of hydrogen-bond donors (Lipinski definition) is 2. The van der Waals surface area contributed by atoms with Gasteiger partial charge < -0.3 is 15.2 Å². The maximum atomic E-state index is 10.2. The minimum atomic E-state index is -0.671. The molecule has 3 nitrogen and oxygen atoms in total. The first-order valence-electron chi connectivity index (χ1n) is 5.78. The van der Waals surface area contributed by atoms with Gasteiger partial charge in [0.25, 0.3) is 0 Å². The summed E-state index contributed by atoms with van der Waals surface area (Å²) in [7, 11) is 0. The Bertz CT molecular complexity index is 315. The predicted molar refractivity (Wildman–Crippen MR) is 65.9 cm³/mol. The lowest BCUT2D eigenvalue weighted by atomic mass is 9.97. The Morgan fingerprint density at radius 1 is 1.69 bits per heavy atom. The van der Waals surface area contributed by atoms with Gasteiger partial charge in [-0.05, 0) is 24.8 Å². The molecular weight excluding hydrogens is 222 g/mol. The van der Waals surface area contributed by atoms with Crippen molar-refractivity contribution in [3.8, 4) is 0 Å². The van der Waals surface area contributed by atoms with E-state index < -0.39 is 5.60 Å². The highest BCUT2D eigenvalue weighted by atomic mass is 32.1. The van der Waals surface area contributed by atoms with Crippen LogP contribution in [0.2, 0.25) is 0 Å². The van der Waals surface area contributed by atoms with Crippen LogP contribution in [0.5, 0.6) is 0 Å². The predicted octanol–water partition coefficient (Wildman–Crippen LogP) is 1.42. The smallest absolute Gasteiger partial charge is 0.105 e. The van der Waals surface area contributed by atoms with Crippen molar-refractivity contribution in [1.29, 1.82) is 0 Å². The van der Waals surface area contributed by atoms with E-state index in [9.17, 15) is 5.11 Å². The number of hydrogen-bond acceptors (Lipinski definition) is 4. The minimum Gasteiger partial charge on any atom is -0.386 e. The lowest BCUT2D eigenvalue weighted by Gasteiger charge is -2.26. The standard InChI is InChI=1S/C12H19NO2S/c1-10-12(14,5-7-15-10)9-13-6-4-11-3-2-8-16-11/h2-3,8,10,13-14H,4-7,9H2,1H3. The average molecular weight is 241 g/mol. The second-order valence-electron chi connectivity index (χ2n) is 4.37. The second kappa shape index (κ2) is 5.27. The molecule has 1 aromatic heterocycles. The molecule has 2 N–H and O–H groups in total. The summed E-state index contributed by atoms with van der Waals surface area (Å²) in [6, 6.07) is 4.21. The Hall–Kier alpha value is -0.420. The van der Waals surface area contributed by atoms with Gasteiger partial charge in [0.2, 0.25) is 0 Å². The molecule has 1 aromatic rings. The summed E-state index contributed by atoms with van der Waals surface area (Å²) < 4.78 is 5.38. The lowest BCUT2D eigenvalue weighted by Crippen LogP contribution is -2.46. The van der Waals surface area contributed by atoms with E-state index in [-0.39, 0.29) is 6.10 Å². The zero-order valence-corrected chi connectivity index (χ0v) is 10.4. The summed E-state index contributed by atoms with van der Waals surface area (Å²) in [5.74, 6) is 0. The van der Waals surface area contributed by atoms with Crippen molar-refractivity contribution in [2.24, 2.45) is 0 Å². The third-order valence-corrected chi connectivity index (χ3v) is 4.16. The van der Waals surface area contributed by atoms with Crippen LogP contribution in [0.3, 0.4) is 0 Å². The van der Waals surface area contributed by atoms with Gasteiger partial charge in [0.05, 0.1) is 6.10 Å². The topological polar surface area (TPSA) is 41.5 Å². The Kier molecular flexibility index (Phi) is 3.97. The van der Waals surface area contributed by atoms with E-state index in [0.29, 0.717) is 13.2 Å². The molecule has 2 atom stereocenters. The number of aliphatic hydroxyl groups is 1. The van der Waals surface area contributed by atoms with Crippen LogP contribution in [-0.2, 0) is 11.2 Å². The SMILES string of the molecule is CC1OCCC1(O)CNCCc1cccs1. The molecule has 4 heteroatoms. The highest BCUT2D eigenvalue weighted by Gasteiger charge is 2.38. The molecule has 1 aliphatic heterocycles. The van der Waals surface area contributed by atoms with E-state index in [1.54, 1.807) is 11.3 Å². The van der Waals surface area contributed by atoms with E-state index in [1.165, 1.54) is 4.88 Å². The number of nitrogens with one attached hydrogen (secondary N) is 1. The summed E-state index contributed by atoms with van der Waals surface area (Å²) in [5.41, 5.74) is -0.671. The molecule has 90 valence electrons. The normalized spacial score (nSPS) is 29.8. The molecule has 16 heavy (non-hydrogen) atoms. The molecule has 0 saturated carbocycles. The van der Waals surface area contributed by atoms with Crippen molar-refractivity contribution >= 4 is 11.3 Å². The van der Waals surface area contributed by atoms with Crippen molar-refractivity contribution < 1.29 is 9.84 Å². The molecule has 1 saturated heterocycles. The summed E-state index contributed by atoms with van der Waals surface area (Å²) in [4.78, 5) is 1.38. The van der Waals surface area contributed by atoms with Crippen LogP contribution < -0.4 is 5.32 Å². The molecule has 0 aliphatic carbocycles. The van der Waals surface area contributed by atoms with Crippen LogP contribution in [0.1, 0.15) is 18.2 Å². The van der Waals surface area contributed by atoms with Crippen molar-refractivity contribution in [3.63, 3.8) is 0 Å². The third-order valence-electron chi connectivity index (χ3n) is 3.22. The fraction of sp³-hybridized carbons (Fsp3) is 0.667. The van der Waals surface area contributed by atoms with Gasteiger partial charge in [-0.1, -0.05) is 6.07 Å². The molecule has 2 heterocycles. The van der Waals surface area contributed by atoms with Crippen LogP contribution in [-0.4, -0.2) is 36.5 Å². The molecule has 2 rings (SSSR count). The molecular formula is C12H19NO2S. The van der Waals surface area contributed by atoms with E-state index in [1.807, 2.05) is 6.92 Å². The molecule has 0 aromatic carbocycles. The summed E-state index contributed by atoms with van der Waals surface area (Å²) in [5, 5.41) is 15.6. The van der Waals surface area contributed by atoms with Crippen molar-refractivity contribution in [3.05, 3.63) is 22.4 Å². The molecule has 1 aliphatic rings. The Morgan fingerprint density at radius 2 is 2.56 bits per heavy atom. The minimum absolute atomic E-state index is 0.0539. The van der Waals surface area contributed by atoms with E-state index >= 15 is 0 Å². The van der Waals surface area contributed by atoms with Gasteiger partial charge >= 0.3 is 0 Å².